The Bertz CT molecular complexity index is 1030. The number of aromatic nitrogens is 4. The minimum absolute atomic E-state index is 0.0758. The molecule has 0 saturated carbocycles. The summed E-state index contributed by atoms with van der Waals surface area (Å²) in [6, 6.07) is 10.5. The van der Waals surface area contributed by atoms with Gasteiger partial charge in [-0.1, -0.05) is 18.2 Å². The van der Waals surface area contributed by atoms with Crippen molar-refractivity contribution in [2.24, 2.45) is 0 Å². The van der Waals surface area contributed by atoms with Crippen molar-refractivity contribution >= 4 is 27.7 Å². The molecule has 0 aliphatic carbocycles. The summed E-state index contributed by atoms with van der Waals surface area (Å²) in [5.41, 5.74) is 4.39. The summed E-state index contributed by atoms with van der Waals surface area (Å²) >= 11 is 0. The second-order valence-electron chi connectivity index (χ2n) is 6.27. The zero-order chi connectivity index (χ0) is 14.8. The number of aromatic amines is 1. The first-order valence-corrected chi connectivity index (χ1v) is 6.91. The normalized spacial score (nSPS) is 12.5. The Morgan fingerprint density at radius 2 is 2.00 bits per heavy atom. The highest BCUT2D eigenvalue weighted by Gasteiger charge is 2.24. The smallest absolute Gasteiger partial charge is 0.183 e. The van der Waals surface area contributed by atoms with Gasteiger partial charge in [-0.25, -0.2) is 4.98 Å². The average molecular weight is 277 g/mol. The topological polar surface area (TPSA) is 61.8 Å². The van der Waals surface area contributed by atoms with Gasteiger partial charge >= 0.3 is 0 Å². The van der Waals surface area contributed by atoms with Crippen molar-refractivity contribution in [1.82, 2.24) is 18.9 Å². The molecule has 104 valence electrons. The van der Waals surface area contributed by atoms with Crippen LogP contribution in [0.3, 0.4) is 0 Å². The summed E-state index contributed by atoms with van der Waals surface area (Å²) in [5, 5.41) is 10.3. The molecule has 0 aliphatic heterocycles. The first-order valence-electron chi connectivity index (χ1n) is 6.91. The summed E-state index contributed by atoms with van der Waals surface area (Å²) < 4.78 is 4.27. The van der Waals surface area contributed by atoms with Gasteiger partial charge in [-0.05, 0) is 26.8 Å². The van der Waals surface area contributed by atoms with Gasteiger partial charge in [-0.2, -0.15) is 5.26 Å². The van der Waals surface area contributed by atoms with Crippen LogP contribution in [0.4, 0.5) is 0 Å². The Labute approximate surface area is 121 Å². The van der Waals surface area contributed by atoms with E-state index in [0.29, 0.717) is 5.69 Å². The molecule has 3 aromatic heterocycles. The van der Waals surface area contributed by atoms with E-state index >= 15 is 0 Å². The van der Waals surface area contributed by atoms with Crippen LogP contribution < -0.4 is 0 Å². The summed E-state index contributed by atoms with van der Waals surface area (Å²) in [5.74, 6) is 0. The summed E-state index contributed by atoms with van der Waals surface area (Å²) in [6.45, 7) is 6.54. The van der Waals surface area contributed by atoms with Gasteiger partial charge in [0.2, 0.25) is 0 Å². The number of nitrogens with zero attached hydrogens (tertiary/aromatic N) is 4. The van der Waals surface area contributed by atoms with E-state index in [1.54, 1.807) is 6.33 Å². The Kier molecular flexibility index (Phi) is 2.10. The van der Waals surface area contributed by atoms with Crippen LogP contribution in [0.2, 0.25) is 0 Å². The van der Waals surface area contributed by atoms with Gasteiger partial charge in [0, 0.05) is 10.9 Å². The monoisotopic (exact) mass is 277 g/mol. The number of nitrogens with one attached hydrogen (secondary N) is 1. The molecule has 3 heterocycles. The molecule has 0 fully saturated rings. The number of imidazole rings is 2. The Morgan fingerprint density at radius 1 is 1.24 bits per heavy atom. The van der Waals surface area contributed by atoms with Gasteiger partial charge in [-0.15, -0.1) is 0 Å². The summed E-state index contributed by atoms with van der Waals surface area (Å²) in [4.78, 5) is 7.54. The molecule has 4 aromatic rings. The molecule has 0 aliphatic rings. The van der Waals surface area contributed by atoms with Gasteiger partial charge in [0.25, 0.3) is 0 Å². The van der Waals surface area contributed by atoms with Crippen molar-refractivity contribution < 1.29 is 0 Å². The van der Waals surface area contributed by atoms with E-state index < -0.39 is 0 Å². The lowest BCUT2D eigenvalue weighted by Gasteiger charge is -2.23. The second-order valence-corrected chi connectivity index (χ2v) is 6.27. The number of para-hydroxylation sites is 1. The zero-order valence-electron chi connectivity index (χ0n) is 12.2. The number of nitriles is 1. The van der Waals surface area contributed by atoms with E-state index in [1.165, 1.54) is 5.52 Å². The molecule has 1 aromatic carbocycles. The SMILES string of the molecule is CC(C)(C)n1c2ccccc2c2[nH]c3c(C#N)ncn3c21. The predicted octanol–water partition coefficient (Wildman–Crippen LogP) is 3.40. The molecule has 21 heavy (non-hydrogen) atoms. The Balaban J connectivity index is 2.33. The van der Waals surface area contributed by atoms with Crippen LogP contribution in [0.5, 0.6) is 0 Å². The Hall–Kier alpha value is -2.74. The first-order chi connectivity index (χ1) is 10.0. The molecule has 5 heteroatoms. The Morgan fingerprint density at radius 3 is 2.71 bits per heavy atom. The molecule has 0 amide bonds. The van der Waals surface area contributed by atoms with Crippen molar-refractivity contribution in [3.63, 3.8) is 0 Å². The third-order valence-corrected chi connectivity index (χ3v) is 3.87. The van der Waals surface area contributed by atoms with Gasteiger partial charge in [0.15, 0.2) is 11.3 Å². The van der Waals surface area contributed by atoms with E-state index in [2.05, 4.69) is 59.6 Å². The number of fused-ring (bicyclic) bond motifs is 5. The van der Waals surface area contributed by atoms with Gasteiger partial charge in [0.1, 0.15) is 18.0 Å². The largest absolute Gasteiger partial charge is 0.335 e. The van der Waals surface area contributed by atoms with Gasteiger partial charge < -0.3 is 9.55 Å². The lowest BCUT2D eigenvalue weighted by Crippen LogP contribution is -2.21. The van der Waals surface area contributed by atoms with Crippen LogP contribution >= 0.6 is 0 Å². The number of rotatable bonds is 0. The standard InChI is InChI=1S/C16H15N5/c1-16(2,3)21-12-7-5-4-6-10(12)13-15(21)20-9-18-11(8-17)14(20)19-13/h4-7,9,19H,1-3H3. The lowest BCUT2D eigenvalue weighted by molar-refractivity contribution is 0.420. The zero-order valence-corrected chi connectivity index (χ0v) is 12.2. The van der Waals surface area contributed by atoms with Gasteiger partial charge in [0.05, 0.1) is 11.0 Å². The number of H-pyrrole nitrogens is 1. The lowest BCUT2D eigenvalue weighted by atomic mass is 10.1. The van der Waals surface area contributed by atoms with Crippen molar-refractivity contribution in [3.8, 4) is 6.07 Å². The maximum atomic E-state index is 9.18. The molecule has 0 atom stereocenters. The fourth-order valence-corrected chi connectivity index (χ4v) is 3.09. The molecule has 4 rings (SSSR count). The average Bonchev–Trinajstić information content (AvgIpc) is 3.05. The second kappa shape index (κ2) is 3.67. The molecule has 0 radical (unpaired) electrons. The van der Waals surface area contributed by atoms with Crippen molar-refractivity contribution in [2.45, 2.75) is 26.3 Å². The number of benzene rings is 1. The van der Waals surface area contributed by atoms with E-state index in [0.717, 1.165) is 22.2 Å². The maximum Gasteiger partial charge on any atom is 0.183 e. The van der Waals surface area contributed by atoms with Crippen LogP contribution in [0.15, 0.2) is 30.6 Å². The molecule has 0 spiro atoms. The van der Waals surface area contributed by atoms with Crippen molar-refractivity contribution in [2.75, 3.05) is 0 Å². The fourth-order valence-electron chi connectivity index (χ4n) is 3.09. The van der Waals surface area contributed by atoms with E-state index in [1.807, 2.05) is 10.5 Å². The molecule has 0 saturated heterocycles. The van der Waals surface area contributed by atoms with Crippen LogP contribution in [-0.2, 0) is 5.54 Å². The number of hydrogen-bond acceptors (Lipinski definition) is 2. The van der Waals surface area contributed by atoms with Crippen LogP contribution in [-0.4, -0.2) is 18.9 Å². The van der Waals surface area contributed by atoms with E-state index in [-0.39, 0.29) is 5.54 Å². The third kappa shape index (κ3) is 1.42. The van der Waals surface area contributed by atoms with Gasteiger partial charge in [-0.3, -0.25) is 4.40 Å². The molecular weight excluding hydrogens is 262 g/mol. The third-order valence-electron chi connectivity index (χ3n) is 3.87. The minimum Gasteiger partial charge on any atom is -0.335 e. The van der Waals surface area contributed by atoms with Crippen molar-refractivity contribution in [1.29, 1.82) is 5.26 Å². The summed E-state index contributed by atoms with van der Waals surface area (Å²) in [7, 11) is 0. The minimum atomic E-state index is -0.0758. The maximum absolute atomic E-state index is 9.18. The number of hydrogen-bond donors (Lipinski definition) is 1. The van der Waals surface area contributed by atoms with Crippen LogP contribution in [0, 0.1) is 11.3 Å². The first kappa shape index (κ1) is 12.0. The van der Waals surface area contributed by atoms with E-state index in [4.69, 9.17) is 0 Å². The van der Waals surface area contributed by atoms with Crippen LogP contribution in [0.1, 0.15) is 26.5 Å². The molecular formula is C16H15N5. The predicted molar refractivity (Wildman–Crippen MR) is 82.3 cm³/mol. The molecule has 0 bridgehead atoms. The highest BCUT2D eigenvalue weighted by molar-refractivity contribution is 6.06. The molecule has 0 unspecified atom stereocenters. The molecule has 5 nitrogen and oxygen atoms in total. The fraction of sp³-hybridized carbons (Fsp3) is 0.250. The quantitative estimate of drug-likeness (QED) is 0.535. The summed E-state index contributed by atoms with van der Waals surface area (Å²) in [6.07, 6.45) is 1.72. The highest BCUT2D eigenvalue weighted by Crippen LogP contribution is 2.34. The van der Waals surface area contributed by atoms with Crippen molar-refractivity contribution in [3.05, 3.63) is 36.3 Å². The van der Waals surface area contributed by atoms with Crippen LogP contribution in [0.25, 0.3) is 27.7 Å². The van der Waals surface area contributed by atoms with E-state index in [9.17, 15) is 5.26 Å². The molecule has 1 N–H and O–H groups in total. The highest BCUT2D eigenvalue weighted by atomic mass is 15.2.